The van der Waals surface area contributed by atoms with Crippen molar-refractivity contribution in [3.8, 4) is 0 Å². The summed E-state index contributed by atoms with van der Waals surface area (Å²) in [6, 6.07) is 7.23. The monoisotopic (exact) mass is 620 g/mol. The van der Waals surface area contributed by atoms with Crippen LogP contribution in [-0.2, 0) is 46.5 Å². The van der Waals surface area contributed by atoms with Crippen molar-refractivity contribution >= 4 is 33.6 Å². The molecule has 1 aromatic carbocycles. The lowest BCUT2D eigenvalue weighted by atomic mass is 9.99. The number of carbonyl (C=O) groups is 4. The second kappa shape index (κ2) is 13.7. The number of nitrogens with zero attached hydrogens (tertiary/aromatic N) is 2. The van der Waals surface area contributed by atoms with Crippen molar-refractivity contribution < 1.29 is 42.2 Å². The molecule has 1 aliphatic rings. The highest BCUT2D eigenvalue weighted by molar-refractivity contribution is 7.93. The summed E-state index contributed by atoms with van der Waals surface area (Å²) in [4.78, 5) is 59.4. The molecule has 43 heavy (non-hydrogen) atoms. The molecule has 14 heteroatoms. The molecule has 0 radical (unpaired) electrons. The number of carbonyl (C=O) groups excluding carboxylic acids is 3. The number of morpholine rings is 1. The summed E-state index contributed by atoms with van der Waals surface area (Å²) in [6.45, 7) is 8.82. The van der Waals surface area contributed by atoms with E-state index in [9.17, 15) is 32.7 Å². The number of nitrogens with one attached hydrogen (secondary N) is 2. The number of hydrogen-bond acceptors (Lipinski definition) is 9. The zero-order chi connectivity index (χ0) is 32.0. The summed E-state index contributed by atoms with van der Waals surface area (Å²) in [5.41, 5.74) is 0.0752. The van der Waals surface area contributed by atoms with Crippen molar-refractivity contribution in [1.82, 2.24) is 20.2 Å². The second-order valence-electron chi connectivity index (χ2n) is 11.9. The van der Waals surface area contributed by atoms with Gasteiger partial charge in [0.2, 0.25) is 17.6 Å². The number of imidazole rings is 1. The summed E-state index contributed by atoms with van der Waals surface area (Å²) < 4.78 is 36.1. The molecule has 2 atom stereocenters. The van der Waals surface area contributed by atoms with Gasteiger partial charge in [0.1, 0.15) is 16.4 Å². The Morgan fingerprint density at radius 3 is 2.28 bits per heavy atom. The highest BCUT2D eigenvalue weighted by atomic mass is 32.2. The van der Waals surface area contributed by atoms with Gasteiger partial charge >= 0.3 is 11.9 Å². The number of rotatable bonds is 12. The lowest BCUT2D eigenvalue weighted by Crippen LogP contribution is -2.55. The van der Waals surface area contributed by atoms with E-state index >= 15 is 0 Å². The van der Waals surface area contributed by atoms with Crippen molar-refractivity contribution in [3.63, 3.8) is 0 Å². The molecule has 2 amide bonds. The van der Waals surface area contributed by atoms with Crippen molar-refractivity contribution in [1.29, 1.82) is 0 Å². The second-order valence-corrected chi connectivity index (χ2v) is 14.5. The van der Waals surface area contributed by atoms with E-state index in [4.69, 9.17) is 9.47 Å². The minimum Gasteiger partial charge on any atom is -0.480 e. The molecular formula is C29H40N4O9S. The first-order chi connectivity index (χ1) is 20.0. The molecule has 236 valence electrons. The number of carboxylic acids is 1. The Morgan fingerprint density at radius 1 is 1.07 bits per heavy atom. The molecule has 0 saturated carbocycles. The lowest BCUT2D eigenvalue weighted by molar-refractivity contribution is -0.142. The summed E-state index contributed by atoms with van der Waals surface area (Å²) in [5, 5.41) is 12.3. The zero-order valence-electron chi connectivity index (χ0n) is 25.1. The largest absolute Gasteiger partial charge is 0.480 e. The minimum absolute atomic E-state index is 0.00867. The Balaban J connectivity index is 1.81. The lowest BCUT2D eigenvalue weighted by Gasteiger charge is -2.34. The van der Waals surface area contributed by atoms with Gasteiger partial charge in [-0.05, 0) is 46.6 Å². The highest BCUT2D eigenvalue weighted by Gasteiger charge is 2.46. The van der Waals surface area contributed by atoms with Gasteiger partial charge in [-0.3, -0.25) is 9.59 Å². The Hall–Kier alpha value is -3.78. The number of amides is 2. The number of hydrogen-bond donors (Lipinski definition) is 3. The standard InChI is InChI=1S/C29H40N4O9S/c1-28(2,3)42-26(37)23-30-17-21(31-23)16-22(25(35)36)32-24(34)20(15-19-9-7-6-8-10-19)18-43(39,40)29(4,5)27(38)33-11-13-41-14-12-33/h6-10,17,20,22H,11-16,18H2,1-5H3,(H,30,31)(H,32,34)(H,35,36)/t20-,22+/m1/s1. The van der Waals surface area contributed by atoms with Gasteiger partial charge in [0, 0.05) is 25.7 Å². The topological polar surface area (TPSA) is 185 Å². The van der Waals surface area contributed by atoms with Crippen LogP contribution in [0, 0.1) is 5.92 Å². The van der Waals surface area contributed by atoms with Crippen LogP contribution in [0.4, 0.5) is 0 Å². The smallest absolute Gasteiger partial charge is 0.374 e. The normalized spacial score (nSPS) is 15.8. The summed E-state index contributed by atoms with van der Waals surface area (Å²) >= 11 is 0. The van der Waals surface area contributed by atoms with E-state index in [-0.39, 0.29) is 37.4 Å². The summed E-state index contributed by atoms with van der Waals surface area (Å²) in [6.07, 6.45) is 1.05. The van der Waals surface area contributed by atoms with Crippen molar-refractivity contribution in [3.05, 3.63) is 53.6 Å². The summed E-state index contributed by atoms with van der Waals surface area (Å²) in [5.74, 6) is -5.51. The van der Waals surface area contributed by atoms with Gasteiger partial charge in [0.15, 0.2) is 9.84 Å². The van der Waals surface area contributed by atoms with Gasteiger partial charge in [-0.15, -0.1) is 0 Å². The third kappa shape index (κ3) is 9.10. The fourth-order valence-corrected chi connectivity index (χ4v) is 6.08. The molecular weight excluding hydrogens is 580 g/mol. The Labute approximate surface area is 251 Å². The number of H-pyrrole nitrogens is 1. The van der Waals surface area contributed by atoms with Gasteiger partial charge in [-0.2, -0.15) is 0 Å². The van der Waals surface area contributed by atoms with Crippen LogP contribution in [0.5, 0.6) is 0 Å². The van der Waals surface area contributed by atoms with Gasteiger partial charge < -0.3 is 29.8 Å². The number of ether oxygens (including phenoxy) is 2. The average molecular weight is 621 g/mol. The predicted molar refractivity (Wildman–Crippen MR) is 156 cm³/mol. The first kappa shape index (κ1) is 33.7. The first-order valence-corrected chi connectivity index (χ1v) is 15.6. The SMILES string of the molecule is CC(C)(C)OC(=O)c1nc(C[C@H](NC(=O)[C@H](Cc2ccccc2)CS(=O)(=O)C(C)(C)C(=O)N2CCOCC2)C(=O)O)c[nH]1. The molecule has 0 bridgehead atoms. The highest BCUT2D eigenvalue weighted by Crippen LogP contribution is 2.25. The fourth-order valence-electron chi connectivity index (χ4n) is 4.47. The molecule has 3 N–H and O–H groups in total. The van der Waals surface area contributed by atoms with Crippen LogP contribution in [-0.4, -0.2) is 101 Å². The molecule has 2 heterocycles. The van der Waals surface area contributed by atoms with E-state index in [2.05, 4.69) is 15.3 Å². The maximum Gasteiger partial charge on any atom is 0.374 e. The van der Waals surface area contributed by atoms with E-state index in [0.29, 0.717) is 18.8 Å². The molecule has 0 unspecified atom stereocenters. The van der Waals surface area contributed by atoms with Gasteiger partial charge in [0.05, 0.1) is 30.6 Å². The molecule has 2 aromatic rings. The zero-order valence-corrected chi connectivity index (χ0v) is 25.9. The molecule has 3 rings (SSSR count). The third-order valence-corrected chi connectivity index (χ3v) is 9.53. The number of aliphatic carboxylic acids is 1. The summed E-state index contributed by atoms with van der Waals surface area (Å²) in [7, 11) is -4.22. The molecule has 1 fully saturated rings. The van der Waals surface area contributed by atoms with E-state index in [1.165, 1.54) is 24.9 Å². The Morgan fingerprint density at radius 2 is 1.70 bits per heavy atom. The number of sulfone groups is 1. The van der Waals surface area contributed by atoms with Crippen LogP contribution >= 0.6 is 0 Å². The maximum atomic E-state index is 13.7. The van der Waals surface area contributed by atoms with Crippen molar-refractivity contribution in [2.24, 2.45) is 5.92 Å². The van der Waals surface area contributed by atoms with E-state index < -0.39 is 61.7 Å². The Kier molecular flexibility index (Phi) is 10.7. The average Bonchev–Trinajstić information content (AvgIpc) is 3.40. The van der Waals surface area contributed by atoms with Crippen LogP contribution in [0.2, 0.25) is 0 Å². The molecule has 1 saturated heterocycles. The maximum absolute atomic E-state index is 13.7. The van der Waals surface area contributed by atoms with Crippen LogP contribution in [0.15, 0.2) is 36.5 Å². The fraction of sp³-hybridized carbons (Fsp3) is 0.552. The minimum atomic E-state index is -4.22. The van der Waals surface area contributed by atoms with E-state index in [1.807, 2.05) is 0 Å². The Bertz CT molecular complexity index is 1410. The van der Waals surface area contributed by atoms with Crippen LogP contribution in [0.25, 0.3) is 0 Å². The van der Waals surface area contributed by atoms with E-state index in [0.717, 1.165) is 0 Å². The van der Waals surface area contributed by atoms with Gasteiger partial charge in [0.25, 0.3) is 0 Å². The first-order valence-electron chi connectivity index (χ1n) is 13.9. The number of esters is 1. The number of aromatic amines is 1. The van der Waals surface area contributed by atoms with Gasteiger partial charge in [-0.25, -0.2) is 23.0 Å². The van der Waals surface area contributed by atoms with E-state index in [1.54, 1.807) is 51.1 Å². The molecule has 1 aromatic heterocycles. The quantitative estimate of drug-likeness (QED) is 0.293. The number of aromatic nitrogens is 2. The third-order valence-electron chi connectivity index (χ3n) is 6.96. The molecule has 0 aliphatic carbocycles. The molecule has 13 nitrogen and oxygen atoms in total. The van der Waals surface area contributed by atoms with Crippen molar-refractivity contribution in [2.75, 3.05) is 32.1 Å². The number of benzene rings is 1. The molecule has 1 aliphatic heterocycles. The van der Waals surface area contributed by atoms with Crippen LogP contribution in [0.3, 0.4) is 0 Å². The van der Waals surface area contributed by atoms with Crippen LogP contribution < -0.4 is 5.32 Å². The van der Waals surface area contributed by atoms with Gasteiger partial charge in [-0.1, -0.05) is 30.3 Å². The van der Waals surface area contributed by atoms with Crippen molar-refractivity contribution in [2.45, 2.75) is 63.9 Å². The predicted octanol–water partition coefficient (Wildman–Crippen LogP) is 1.39. The number of carboxylic acid groups (broad SMARTS) is 1. The molecule has 0 spiro atoms. The van der Waals surface area contributed by atoms with Crippen LogP contribution in [0.1, 0.15) is 56.5 Å².